The van der Waals surface area contributed by atoms with E-state index in [1.807, 2.05) is 6.92 Å². The normalized spacial score (nSPS) is 12.4. The second kappa shape index (κ2) is 6.66. The van der Waals surface area contributed by atoms with Crippen LogP contribution in [0.2, 0.25) is 0 Å². The number of halogens is 1. The van der Waals surface area contributed by atoms with Crippen molar-refractivity contribution in [3.05, 3.63) is 35.6 Å². The second-order valence-corrected chi connectivity index (χ2v) is 5.04. The van der Waals surface area contributed by atoms with Crippen LogP contribution in [0.5, 0.6) is 0 Å². The van der Waals surface area contributed by atoms with Gasteiger partial charge in [-0.25, -0.2) is 4.39 Å². The number of hydrogen-bond acceptors (Lipinski definition) is 3. The summed E-state index contributed by atoms with van der Waals surface area (Å²) in [7, 11) is 0. The average molecular weight is 242 g/mol. The molecule has 0 spiro atoms. The fraction of sp³-hybridized carbons (Fsp3) is 0.417. The van der Waals surface area contributed by atoms with E-state index in [0.717, 1.165) is 0 Å². The van der Waals surface area contributed by atoms with Gasteiger partial charge in [0.05, 0.1) is 12.4 Å². The Labute approximate surface area is 98.9 Å². The number of aliphatic hydroxyl groups excluding tert-OH is 1. The predicted octanol–water partition coefficient (Wildman–Crippen LogP) is 2.05. The van der Waals surface area contributed by atoms with Crippen LogP contribution in [0.4, 0.5) is 4.39 Å². The topological polar surface area (TPSA) is 37.3 Å². The Morgan fingerprint density at radius 1 is 1.50 bits per heavy atom. The van der Waals surface area contributed by atoms with E-state index in [1.165, 1.54) is 17.8 Å². The SMILES string of the molecule is CC(CO)SCC(=O)Cc1ccccc1F. The molecule has 0 aliphatic heterocycles. The third kappa shape index (κ3) is 4.33. The lowest BCUT2D eigenvalue weighted by Crippen LogP contribution is -2.11. The number of thioether (sulfide) groups is 1. The van der Waals surface area contributed by atoms with Crippen molar-refractivity contribution in [2.75, 3.05) is 12.4 Å². The molecule has 0 amide bonds. The quantitative estimate of drug-likeness (QED) is 0.829. The zero-order valence-corrected chi connectivity index (χ0v) is 9.97. The predicted molar refractivity (Wildman–Crippen MR) is 64.1 cm³/mol. The van der Waals surface area contributed by atoms with Gasteiger partial charge in [0, 0.05) is 11.7 Å². The van der Waals surface area contributed by atoms with Crippen LogP contribution >= 0.6 is 11.8 Å². The Morgan fingerprint density at radius 3 is 2.81 bits per heavy atom. The Hall–Kier alpha value is -0.870. The lowest BCUT2D eigenvalue weighted by Gasteiger charge is -2.06. The summed E-state index contributed by atoms with van der Waals surface area (Å²) in [5, 5.41) is 8.84. The van der Waals surface area contributed by atoms with Gasteiger partial charge in [-0.3, -0.25) is 4.79 Å². The van der Waals surface area contributed by atoms with Gasteiger partial charge < -0.3 is 5.11 Å². The Bertz CT molecular complexity index is 355. The summed E-state index contributed by atoms with van der Waals surface area (Å²) in [4.78, 5) is 11.5. The molecule has 16 heavy (non-hydrogen) atoms. The van der Waals surface area contributed by atoms with E-state index in [-0.39, 0.29) is 29.9 Å². The van der Waals surface area contributed by atoms with Crippen LogP contribution < -0.4 is 0 Å². The van der Waals surface area contributed by atoms with Crippen LogP contribution in [0.1, 0.15) is 12.5 Å². The first-order valence-electron chi connectivity index (χ1n) is 5.11. The number of hydrogen-bond donors (Lipinski definition) is 1. The van der Waals surface area contributed by atoms with E-state index in [9.17, 15) is 9.18 Å². The number of carbonyl (C=O) groups excluding carboxylic acids is 1. The fourth-order valence-corrected chi connectivity index (χ4v) is 1.87. The van der Waals surface area contributed by atoms with Crippen molar-refractivity contribution in [2.45, 2.75) is 18.6 Å². The molecule has 0 aliphatic carbocycles. The van der Waals surface area contributed by atoms with E-state index < -0.39 is 0 Å². The van der Waals surface area contributed by atoms with Gasteiger partial charge in [-0.2, -0.15) is 0 Å². The molecule has 0 bridgehead atoms. The largest absolute Gasteiger partial charge is 0.395 e. The molecule has 1 atom stereocenters. The van der Waals surface area contributed by atoms with Gasteiger partial charge in [0.2, 0.25) is 0 Å². The van der Waals surface area contributed by atoms with Crippen molar-refractivity contribution in [3.8, 4) is 0 Å². The summed E-state index contributed by atoms with van der Waals surface area (Å²) in [6.45, 7) is 1.90. The summed E-state index contributed by atoms with van der Waals surface area (Å²) in [5.41, 5.74) is 0.435. The highest BCUT2D eigenvalue weighted by Crippen LogP contribution is 2.12. The number of rotatable bonds is 6. The van der Waals surface area contributed by atoms with Crippen LogP contribution in [0.25, 0.3) is 0 Å². The summed E-state index contributed by atoms with van der Waals surface area (Å²) in [5.74, 6) is -0.0396. The molecule has 2 nitrogen and oxygen atoms in total. The van der Waals surface area contributed by atoms with Crippen molar-refractivity contribution in [3.63, 3.8) is 0 Å². The minimum atomic E-state index is -0.337. The van der Waals surface area contributed by atoms with Gasteiger partial charge >= 0.3 is 0 Å². The summed E-state index contributed by atoms with van der Waals surface area (Å²) in [6, 6.07) is 6.29. The lowest BCUT2D eigenvalue weighted by atomic mass is 10.1. The maximum atomic E-state index is 13.2. The fourth-order valence-electron chi connectivity index (χ4n) is 1.19. The molecule has 0 aromatic heterocycles. The molecule has 88 valence electrons. The highest BCUT2D eigenvalue weighted by atomic mass is 32.2. The van der Waals surface area contributed by atoms with Gasteiger partial charge in [0.1, 0.15) is 11.6 Å². The number of carbonyl (C=O) groups is 1. The third-order valence-corrected chi connectivity index (χ3v) is 3.34. The number of aliphatic hydroxyl groups is 1. The van der Waals surface area contributed by atoms with Crippen LogP contribution in [-0.4, -0.2) is 28.5 Å². The van der Waals surface area contributed by atoms with Crippen molar-refractivity contribution in [1.29, 1.82) is 0 Å². The molecule has 1 aromatic carbocycles. The highest BCUT2D eigenvalue weighted by Gasteiger charge is 2.09. The van der Waals surface area contributed by atoms with Crippen molar-refractivity contribution in [1.82, 2.24) is 0 Å². The van der Waals surface area contributed by atoms with E-state index in [1.54, 1.807) is 18.2 Å². The number of Topliss-reactive ketones (excluding diaryl/α,β-unsaturated/α-hetero) is 1. The highest BCUT2D eigenvalue weighted by molar-refractivity contribution is 8.00. The first kappa shape index (κ1) is 13.2. The monoisotopic (exact) mass is 242 g/mol. The van der Waals surface area contributed by atoms with E-state index >= 15 is 0 Å². The minimum Gasteiger partial charge on any atom is -0.395 e. The molecule has 0 radical (unpaired) electrons. The third-order valence-electron chi connectivity index (χ3n) is 2.13. The number of benzene rings is 1. The van der Waals surface area contributed by atoms with E-state index in [4.69, 9.17) is 5.11 Å². The molecule has 1 aromatic rings. The van der Waals surface area contributed by atoms with Gasteiger partial charge in [-0.15, -0.1) is 11.8 Å². The Balaban J connectivity index is 2.43. The van der Waals surface area contributed by atoms with Gasteiger partial charge in [0.25, 0.3) is 0 Å². The zero-order chi connectivity index (χ0) is 12.0. The van der Waals surface area contributed by atoms with Gasteiger partial charge in [-0.05, 0) is 11.6 Å². The summed E-state index contributed by atoms with van der Waals surface area (Å²) in [6.07, 6.45) is 0.123. The molecule has 0 aliphatic rings. The van der Waals surface area contributed by atoms with E-state index in [0.29, 0.717) is 11.3 Å². The standard InChI is InChI=1S/C12H15FO2S/c1-9(7-14)16-8-11(15)6-10-4-2-3-5-12(10)13/h2-5,9,14H,6-8H2,1H3. The molecule has 1 unspecified atom stereocenters. The first-order chi connectivity index (χ1) is 7.63. The molecule has 0 fully saturated rings. The summed E-state index contributed by atoms with van der Waals surface area (Å²) >= 11 is 1.39. The molecule has 1 rings (SSSR count). The smallest absolute Gasteiger partial charge is 0.147 e. The number of ketones is 1. The Kier molecular flexibility index (Phi) is 5.49. The van der Waals surface area contributed by atoms with Gasteiger partial charge in [-0.1, -0.05) is 25.1 Å². The maximum Gasteiger partial charge on any atom is 0.147 e. The van der Waals surface area contributed by atoms with Crippen molar-refractivity contribution >= 4 is 17.5 Å². The first-order valence-corrected chi connectivity index (χ1v) is 6.16. The van der Waals surface area contributed by atoms with Crippen LogP contribution in [-0.2, 0) is 11.2 Å². The lowest BCUT2D eigenvalue weighted by molar-refractivity contribution is -0.116. The van der Waals surface area contributed by atoms with Crippen molar-refractivity contribution < 1.29 is 14.3 Å². The molecule has 1 N–H and O–H groups in total. The van der Waals surface area contributed by atoms with Crippen LogP contribution in [0, 0.1) is 5.82 Å². The van der Waals surface area contributed by atoms with Crippen LogP contribution in [0.15, 0.2) is 24.3 Å². The Morgan fingerprint density at radius 2 is 2.19 bits per heavy atom. The molecular formula is C12H15FO2S. The van der Waals surface area contributed by atoms with Gasteiger partial charge in [0.15, 0.2) is 0 Å². The second-order valence-electron chi connectivity index (χ2n) is 3.61. The van der Waals surface area contributed by atoms with Crippen LogP contribution in [0.3, 0.4) is 0 Å². The molecule has 4 heteroatoms. The molecule has 0 saturated carbocycles. The molecule has 0 saturated heterocycles. The molecule has 0 heterocycles. The average Bonchev–Trinajstić information content (AvgIpc) is 2.29. The minimum absolute atomic E-state index is 0.0181. The molecular weight excluding hydrogens is 227 g/mol. The van der Waals surface area contributed by atoms with E-state index in [2.05, 4.69) is 0 Å². The summed E-state index contributed by atoms with van der Waals surface area (Å²) < 4.78 is 13.2. The zero-order valence-electron chi connectivity index (χ0n) is 9.15. The maximum absolute atomic E-state index is 13.2. The van der Waals surface area contributed by atoms with Crippen molar-refractivity contribution in [2.24, 2.45) is 0 Å².